The number of halogens is 2. The maximum Gasteiger partial charge on any atom is 0.312 e. The molecule has 50 heavy (non-hydrogen) atoms. The SMILES string of the molecule is N#C[C@@H]1C[C@H](F)CN1CC(=O)NC12CCC(C(=O)OCCCCOC(=O)C34CCC(NC(=O)CN5C[C@@H](F)C[C@H]5C#N)(CC3)CC4)(CC1)CC2. The largest absolute Gasteiger partial charge is 0.465 e. The zero-order chi connectivity index (χ0) is 35.6. The molecule has 14 heteroatoms. The summed E-state index contributed by atoms with van der Waals surface area (Å²) in [6.45, 7) is 0.684. The molecule has 4 bridgehead atoms. The molecule has 2 N–H and O–H groups in total. The Hall–Kier alpha value is -3.36. The summed E-state index contributed by atoms with van der Waals surface area (Å²) in [6, 6.07) is 3.00. The highest BCUT2D eigenvalue weighted by Crippen LogP contribution is 2.54. The van der Waals surface area contributed by atoms with Gasteiger partial charge in [-0.15, -0.1) is 0 Å². The number of nitrogens with zero attached hydrogens (tertiary/aromatic N) is 4. The normalized spacial score (nSPS) is 37.8. The zero-order valence-electron chi connectivity index (χ0n) is 28.9. The lowest BCUT2D eigenvalue weighted by Gasteiger charge is -2.52. The molecular formula is C36H50F2N6O6. The van der Waals surface area contributed by atoms with Crippen LogP contribution in [0.3, 0.4) is 0 Å². The first-order valence-electron chi connectivity index (χ1n) is 18.4. The maximum atomic E-state index is 13.8. The number of rotatable bonds is 13. The van der Waals surface area contributed by atoms with Gasteiger partial charge in [0.1, 0.15) is 24.4 Å². The first-order chi connectivity index (χ1) is 23.9. The number of esters is 2. The Balaban J connectivity index is 0.850. The Kier molecular flexibility index (Phi) is 10.7. The fourth-order valence-electron chi connectivity index (χ4n) is 9.55. The minimum atomic E-state index is -1.09. The number of carbonyl (C=O) groups is 4. The summed E-state index contributed by atoms with van der Waals surface area (Å²) in [4.78, 5) is 55.1. The van der Waals surface area contributed by atoms with E-state index in [1.807, 2.05) is 0 Å². The van der Waals surface area contributed by atoms with Gasteiger partial charge in [-0.3, -0.25) is 29.0 Å². The average molecular weight is 701 g/mol. The van der Waals surface area contributed by atoms with Crippen molar-refractivity contribution in [3.05, 3.63) is 0 Å². The topological polar surface area (TPSA) is 165 Å². The van der Waals surface area contributed by atoms with Gasteiger partial charge >= 0.3 is 11.9 Å². The van der Waals surface area contributed by atoms with Crippen LogP contribution in [0, 0.1) is 33.5 Å². The minimum absolute atomic E-state index is 0.000186. The molecule has 8 aliphatic rings. The molecule has 0 aromatic carbocycles. The van der Waals surface area contributed by atoms with Crippen molar-refractivity contribution in [2.75, 3.05) is 39.4 Å². The van der Waals surface area contributed by atoms with Crippen LogP contribution in [0.5, 0.6) is 0 Å². The van der Waals surface area contributed by atoms with Gasteiger partial charge in [0, 0.05) is 37.0 Å². The Morgan fingerprint density at radius 2 is 0.960 bits per heavy atom. The molecule has 0 aromatic rings. The smallest absolute Gasteiger partial charge is 0.312 e. The number of unbranched alkanes of at least 4 members (excludes halogenated alkanes) is 1. The molecule has 2 saturated heterocycles. The number of ether oxygens (including phenoxy) is 2. The van der Waals surface area contributed by atoms with Crippen molar-refractivity contribution in [2.45, 2.75) is 138 Å². The van der Waals surface area contributed by atoms with Crippen LogP contribution < -0.4 is 10.6 Å². The lowest BCUT2D eigenvalue weighted by molar-refractivity contribution is -0.166. The summed E-state index contributed by atoms with van der Waals surface area (Å²) in [6.07, 6.45) is 7.08. The van der Waals surface area contributed by atoms with Crippen LogP contribution in [-0.4, -0.2) is 108 Å². The molecule has 8 rings (SSSR count). The number of fused-ring (bicyclic) bond motifs is 6. The van der Waals surface area contributed by atoms with Crippen LogP contribution in [0.2, 0.25) is 0 Å². The molecule has 2 amide bonds. The van der Waals surface area contributed by atoms with E-state index >= 15 is 0 Å². The molecule has 274 valence electrons. The Morgan fingerprint density at radius 3 is 1.28 bits per heavy atom. The van der Waals surface area contributed by atoms with Crippen molar-refractivity contribution < 1.29 is 37.4 Å². The van der Waals surface area contributed by atoms with E-state index in [-0.39, 0.29) is 87.1 Å². The standard InChI is InChI=1S/C36H50F2N6O6/c37-25-17-27(19-39)43(21-25)23-29(45)41-35-9-3-33(4-10-35,5-11-35)31(47)49-15-1-2-16-50-32(48)34-6-12-36(13-7-34,14-8-34)42-30(46)24-44-22-26(38)18-28(44)20-40/h25-28H,1-18,21-24H2,(H,41,45)(H,42,46)/t25-,26-,27-,28-,33?,34?,35?,36?/m0/s1. The van der Waals surface area contributed by atoms with Crippen molar-refractivity contribution in [1.82, 2.24) is 20.4 Å². The van der Waals surface area contributed by atoms with Crippen LogP contribution in [0.15, 0.2) is 0 Å². The molecule has 6 saturated carbocycles. The third-order valence-corrected chi connectivity index (χ3v) is 12.9. The van der Waals surface area contributed by atoms with E-state index in [1.165, 1.54) is 0 Å². The number of nitrogens with one attached hydrogen (secondary N) is 2. The highest BCUT2D eigenvalue weighted by molar-refractivity contribution is 5.81. The second kappa shape index (κ2) is 14.7. The minimum Gasteiger partial charge on any atom is -0.465 e. The van der Waals surface area contributed by atoms with Gasteiger partial charge in [0.15, 0.2) is 0 Å². The second-order valence-corrected chi connectivity index (χ2v) is 16.0. The van der Waals surface area contributed by atoms with Crippen LogP contribution >= 0.6 is 0 Å². The average Bonchev–Trinajstić information content (AvgIpc) is 3.66. The van der Waals surface area contributed by atoms with E-state index in [4.69, 9.17) is 9.47 Å². The molecular weight excluding hydrogens is 650 g/mol. The number of likely N-dealkylation sites (tertiary alicyclic amines) is 2. The Labute approximate surface area is 292 Å². The molecule has 0 radical (unpaired) electrons. The van der Waals surface area contributed by atoms with Gasteiger partial charge in [-0.25, -0.2) is 8.78 Å². The lowest BCUT2D eigenvalue weighted by atomic mass is 9.57. The Bertz CT molecular complexity index is 1260. The number of carbonyl (C=O) groups excluding carboxylic acids is 4. The van der Waals surface area contributed by atoms with E-state index in [2.05, 4.69) is 22.8 Å². The third kappa shape index (κ3) is 7.62. The number of hydrogen-bond donors (Lipinski definition) is 2. The van der Waals surface area contributed by atoms with Gasteiger partial charge in [-0.05, 0) is 89.9 Å². The summed E-state index contributed by atoms with van der Waals surface area (Å²) >= 11 is 0. The predicted molar refractivity (Wildman–Crippen MR) is 174 cm³/mol. The molecule has 8 fully saturated rings. The molecule has 6 aliphatic carbocycles. The van der Waals surface area contributed by atoms with Crippen molar-refractivity contribution in [1.29, 1.82) is 10.5 Å². The van der Waals surface area contributed by atoms with E-state index in [0.29, 0.717) is 89.9 Å². The first-order valence-corrected chi connectivity index (χ1v) is 18.4. The predicted octanol–water partition coefficient (Wildman–Crippen LogP) is 3.14. The summed E-state index contributed by atoms with van der Waals surface area (Å²) in [5, 5.41) is 24.8. The maximum absolute atomic E-state index is 13.8. The molecule has 0 aromatic heterocycles. The summed E-state index contributed by atoms with van der Waals surface area (Å²) in [7, 11) is 0. The highest BCUT2D eigenvalue weighted by Gasteiger charge is 2.55. The monoisotopic (exact) mass is 700 g/mol. The zero-order valence-corrected chi connectivity index (χ0v) is 28.9. The molecule has 12 nitrogen and oxygen atoms in total. The van der Waals surface area contributed by atoms with Crippen LogP contribution in [-0.2, 0) is 28.7 Å². The van der Waals surface area contributed by atoms with E-state index in [0.717, 1.165) is 0 Å². The number of amides is 2. The van der Waals surface area contributed by atoms with Gasteiger partial charge in [0.25, 0.3) is 0 Å². The number of nitriles is 2. The summed E-state index contributed by atoms with van der Waals surface area (Å²) in [5.41, 5.74) is -1.82. The number of hydrogen-bond acceptors (Lipinski definition) is 10. The van der Waals surface area contributed by atoms with Gasteiger partial charge in [-0.2, -0.15) is 10.5 Å². The first kappa shape index (κ1) is 36.4. The van der Waals surface area contributed by atoms with Gasteiger partial charge in [0.2, 0.25) is 11.8 Å². The van der Waals surface area contributed by atoms with Gasteiger partial charge in [-0.1, -0.05) is 0 Å². The van der Waals surface area contributed by atoms with Crippen molar-refractivity contribution in [3.63, 3.8) is 0 Å². The third-order valence-electron chi connectivity index (χ3n) is 12.9. The molecule has 2 heterocycles. The fraction of sp³-hybridized carbons (Fsp3) is 0.833. The van der Waals surface area contributed by atoms with Crippen LogP contribution in [0.25, 0.3) is 0 Å². The van der Waals surface area contributed by atoms with Crippen LogP contribution in [0.1, 0.15) is 103 Å². The van der Waals surface area contributed by atoms with Gasteiger partial charge < -0.3 is 20.1 Å². The quantitative estimate of drug-likeness (QED) is 0.216. The van der Waals surface area contributed by atoms with Crippen LogP contribution in [0.4, 0.5) is 8.78 Å². The van der Waals surface area contributed by atoms with Crippen molar-refractivity contribution in [3.8, 4) is 12.1 Å². The van der Waals surface area contributed by atoms with Gasteiger partial charge in [0.05, 0.1) is 49.3 Å². The van der Waals surface area contributed by atoms with E-state index < -0.39 is 35.3 Å². The summed E-state index contributed by atoms with van der Waals surface area (Å²) in [5.74, 6) is -0.811. The molecule has 0 spiro atoms. The lowest BCUT2D eigenvalue weighted by Crippen LogP contribution is -2.59. The van der Waals surface area contributed by atoms with Crippen molar-refractivity contribution in [2.24, 2.45) is 10.8 Å². The highest BCUT2D eigenvalue weighted by atomic mass is 19.1. The molecule has 4 atom stereocenters. The molecule has 2 aliphatic heterocycles. The fourth-order valence-corrected chi connectivity index (χ4v) is 9.55. The van der Waals surface area contributed by atoms with E-state index in [1.54, 1.807) is 9.80 Å². The number of alkyl halides is 2. The summed E-state index contributed by atoms with van der Waals surface area (Å²) < 4.78 is 38.9. The second-order valence-electron chi connectivity index (χ2n) is 16.0. The molecule has 0 unspecified atom stereocenters. The Morgan fingerprint density at radius 1 is 0.620 bits per heavy atom. The van der Waals surface area contributed by atoms with Crippen molar-refractivity contribution >= 4 is 23.8 Å². The van der Waals surface area contributed by atoms with E-state index in [9.17, 15) is 38.5 Å².